The molecule has 38 heavy (non-hydrogen) atoms. The molecule has 0 spiro atoms. The molecule has 2 fully saturated rings. The maximum atomic E-state index is 14.0. The highest BCUT2D eigenvalue weighted by molar-refractivity contribution is 5.95. The SMILES string of the molecule is CCOc1ccc(C(=O)N(C/C(C)=C/c2ccccc2)CC2CCCN2CC2CCCCC2)cc1OCC. The van der Waals surface area contributed by atoms with Crippen LogP contribution in [0.3, 0.4) is 0 Å². The number of ether oxygens (including phenoxy) is 2. The van der Waals surface area contributed by atoms with Crippen LogP contribution in [0.1, 0.15) is 81.6 Å². The van der Waals surface area contributed by atoms with Crippen LogP contribution in [0.5, 0.6) is 11.5 Å². The summed E-state index contributed by atoms with van der Waals surface area (Å²) in [6.45, 7) is 10.8. The molecule has 4 rings (SSSR count). The number of amides is 1. The first-order valence-corrected chi connectivity index (χ1v) is 14.7. The molecule has 1 saturated carbocycles. The number of benzene rings is 2. The van der Waals surface area contributed by atoms with Gasteiger partial charge >= 0.3 is 0 Å². The Morgan fingerprint density at radius 2 is 1.68 bits per heavy atom. The van der Waals surface area contributed by atoms with Gasteiger partial charge in [-0.1, -0.05) is 61.2 Å². The van der Waals surface area contributed by atoms with Crippen LogP contribution in [0.4, 0.5) is 0 Å². The van der Waals surface area contributed by atoms with Crippen LogP contribution in [-0.2, 0) is 0 Å². The molecule has 1 aliphatic carbocycles. The van der Waals surface area contributed by atoms with Crippen molar-refractivity contribution in [2.75, 3.05) is 39.4 Å². The fraction of sp³-hybridized carbons (Fsp3) is 0.545. The summed E-state index contributed by atoms with van der Waals surface area (Å²) in [5.74, 6) is 2.19. The van der Waals surface area contributed by atoms with Gasteiger partial charge in [-0.3, -0.25) is 9.69 Å². The first kappa shape index (κ1) is 28.2. The Morgan fingerprint density at radius 3 is 2.42 bits per heavy atom. The Labute approximate surface area is 229 Å². The van der Waals surface area contributed by atoms with Crippen molar-refractivity contribution in [2.24, 2.45) is 5.92 Å². The van der Waals surface area contributed by atoms with Crippen LogP contribution >= 0.6 is 0 Å². The fourth-order valence-corrected chi connectivity index (χ4v) is 6.06. The van der Waals surface area contributed by atoms with Crippen molar-refractivity contribution in [1.82, 2.24) is 9.80 Å². The van der Waals surface area contributed by atoms with Crippen LogP contribution in [0, 0.1) is 5.92 Å². The van der Waals surface area contributed by atoms with E-state index in [2.05, 4.69) is 47.1 Å². The van der Waals surface area contributed by atoms with E-state index in [1.807, 2.05) is 38.1 Å². The molecule has 2 aromatic carbocycles. The minimum Gasteiger partial charge on any atom is -0.490 e. The Hall–Kier alpha value is -2.79. The second-order valence-corrected chi connectivity index (χ2v) is 10.9. The van der Waals surface area contributed by atoms with Crippen molar-refractivity contribution in [3.63, 3.8) is 0 Å². The lowest BCUT2D eigenvalue weighted by atomic mass is 9.89. The number of rotatable bonds is 12. The summed E-state index contributed by atoms with van der Waals surface area (Å²) in [6.07, 6.45) is 11.4. The number of nitrogens with zero attached hydrogens (tertiary/aromatic N) is 2. The summed E-state index contributed by atoms with van der Waals surface area (Å²) < 4.78 is 11.6. The van der Waals surface area contributed by atoms with Gasteiger partial charge in [-0.05, 0) is 82.7 Å². The predicted octanol–water partition coefficient (Wildman–Crippen LogP) is 7.07. The van der Waals surface area contributed by atoms with E-state index < -0.39 is 0 Å². The van der Waals surface area contributed by atoms with Crippen molar-refractivity contribution in [3.8, 4) is 11.5 Å². The third-order valence-corrected chi connectivity index (χ3v) is 7.88. The first-order valence-electron chi connectivity index (χ1n) is 14.7. The molecule has 2 aromatic rings. The first-order chi connectivity index (χ1) is 18.6. The molecular weight excluding hydrogens is 472 g/mol. The number of carbonyl (C=O) groups excluding carboxylic acids is 1. The van der Waals surface area contributed by atoms with Gasteiger partial charge in [0.15, 0.2) is 11.5 Å². The zero-order valence-electron chi connectivity index (χ0n) is 23.7. The van der Waals surface area contributed by atoms with Gasteiger partial charge in [0.2, 0.25) is 0 Å². The van der Waals surface area contributed by atoms with E-state index in [1.165, 1.54) is 50.6 Å². The van der Waals surface area contributed by atoms with Gasteiger partial charge in [0, 0.05) is 31.2 Å². The summed E-state index contributed by atoms with van der Waals surface area (Å²) in [4.78, 5) is 18.8. The van der Waals surface area contributed by atoms with E-state index in [1.54, 1.807) is 0 Å². The van der Waals surface area contributed by atoms with Gasteiger partial charge in [-0.15, -0.1) is 0 Å². The maximum Gasteiger partial charge on any atom is 0.254 e. The van der Waals surface area contributed by atoms with E-state index in [9.17, 15) is 4.79 Å². The highest BCUT2D eigenvalue weighted by atomic mass is 16.5. The Morgan fingerprint density at radius 1 is 0.947 bits per heavy atom. The van der Waals surface area contributed by atoms with Gasteiger partial charge in [-0.2, -0.15) is 0 Å². The molecule has 0 aromatic heterocycles. The Bertz CT molecular complexity index is 1050. The van der Waals surface area contributed by atoms with E-state index in [0.29, 0.717) is 42.9 Å². The third kappa shape index (κ3) is 7.86. The van der Waals surface area contributed by atoms with Gasteiger partial charge in [0.05, 0.1) is 13.2 Å². The molecular formula is C33H46N2O3. The number of hydrogen-bond donors (Lipinski definition) is 0. The van der Waals surface area contributed by atoms with Crippen molar-refractivity contribution < 1.29 is 14.3 Å². The summed E-state index contributed by atoms with van der Waals surface area (Å²) in [6, 6.07) is 16.4. The van der Waals surface area contributed by atoms with Gasteiger partial charge in [0.25, 0.3) is 5.91 Å². The minimum atomic E-state index is 0.0549. The lowest BCUT2D eigenvalue weighted by Crippen LogP contribution is -2.45. The normalized spacial score (nSPS) is 18.9. The monoisotopic (exact) mass is 518 g/mol. The molecule has 1 amide bonds. The van der Waals surface area contributed by atoms with E-state index in [-0.39, 0.29) is 5.91 Å². The topological polar surface area (TPSA) is 42.0 Å². The van der Waals surface area contributed by atoms with Crippen LogP contribution in [0.25, 0.3) is 6.08 Å². The van der Waals surface area contributed by atoms with E-state index in [0.717, 1.165) is 31.0 Å². The van der Waals surface area contributed by atoms with Crippen molar-refractivity contribution in [1.29, 1.82) is 0 Å². The van der Waals surface area contributed by atoms with Gasteiger partial charge in [0.1, 0.15) is 0 Å². The quantitative estimate of drug-likeness (QED) is 0.301. The molecule has 0 radical (unpaired) electrons. The molecule has 0 bridgehead atoms. The molecule has 1 atom stereocenters. The van der Waals surface area contributed by atoms with E-state index in [4.69, 9.17) is 9.47 Å². The molecule has 5 heteroatoms. The fourth-order valence-electron chi connectivity index (χ4n) is 6.06. The average Bonchev–Trinajstić information content (AvgIpc) is 3.36. The summed E-state index contributed by atoms with van der Waals surface area (Å²) in [5.41, 5.74) is 3.00. The Kier molecular flexibility index (Phi) is 10.7. The molecule has 1 aliphatic heterocycles. The lowest BCUT2D eigenvalue weighted by molar-refractivity contribution is 0.0709. The number of hydrogen-bond acceptors (Lipinski definition) is 4. The number of likely N-dealkylation sites (tertiary alicyclic amines) is 1. The molecule has 0 N–H and O–H groups in total. The Balaban J connectivity index is 1.55. The third-order valence-electron chi connectivity index (χ3n) is 7.88. The molecule has 206 valence electrons. The number of carbonyl (C=O) groups is 1. The van der Waals surface area contributed by atoms with Crippen LogP contribution < -0.4 is 9.47 Å². The smallest absolute Gasteiger partial charge is 0.254 e. The molecule has 1 heterocycles. The zero-order chi connectivity index (χ0) is 26.7. The zero-order valence-corrected chi connectivity index (χ0v) is 23.7. The predicted molar refractivity (Wildman–Crippen MR) is 156 cm³/mol. The van der Waals surface area contributed by atoms with E-state index >= 15 is 0 Å². The highest BCUT2D eigenvalue weighted by Gasteiger charge is 2.31. The lowest BCUT2D eigenvalue weighted by Gasteiger charge is -2.34. The summed E-state index contributed by atoms with van der Waals surface area (Å²) >= 11 is 0. The second kappa shape index (κ2) is 14.4. The van der Waals surface area contributed by atoms with Gasteiger partial charge < -0.3 is 14.4 Å². The molecule has 1 saturated heterocycles. The molecule has 2 aliphatic rings. The average molecular weight is 519 g/mol. The second-order valence-electron chi connectivity index (χ2n) is 10.9. The van der Waals surface area contributed by atoms with Crippen molar-refractivity contribution in [2.45, 2.75) is 71.8 Å². The standard InChI is InChI=1S/C33H46N2O3/c1-4-37-31-19-18-29(22-32(31)38-5-2)33(36)35(23-26(3)21-27-13-8-6-9-14-27)25-30-17-12-20-34(30)24-28-15-10-7-11-16-28/h6,8-9,13-14,18-19,21-22,28,30H,4-5,7,10-12,15-17,20,23-25H2,1-3H3/b26-21+. The van der Waals surface area contributed by atoms with Crippen LogP contribution in [0.15, 0.2) is 54.1 Å². The molecule has 5 nitrogen and oxygen atoms in total. The van der Waals surface area contributed by atoms with Crippen molar-refractivity contribution in [3.05, 3.63) is 65.2 Å². The van der Waals surface area contributed by atoms with Crippen LogP contribution in [-0.4, -0.2) is 61.1 Å². The summed E-state index contributed by atoms with van der Waals surface area (Å²) in [5, 5.41) is 0. The van der Waals surface area contributed by atoms with Crippen molar-refractivity contribution >= 4 is 12.0 Å². The summed E-state index contributed by atoms with van der Waals surface area (Å²) in [7, 11) is 0. The van der Waals surface area contributed by atoms with Gasteiger partial charge in [-0.25, -0.2) is 0 Å². The molecule has 1 unspecified atom stereocenters. The highest BCUT2D eigenvalue weighted by Crippen LogP contribution is 2.31. The van der Waals surface area contributed by atoms with Crippen LogP contribution in [0.2, 0.25) is 0 Å². The largest absolute Gasteiger partial charge is 0.490 e. The minimum absolute atomic E-state index is 0.0549. The maximum absolute atomic E-state index is 14.0.